The van der Waals surface area contributed by atoms with Crippen molar-refractivity contribution in [3.05, 3.63) is 41.7 Å². The highest BCUT2D eigenvalue weighted by Crippen LogP contribution is 2.20. The van der Waals surface area contributed by atoms with Crippen molar-refractivity contribution in [3.63, 3.8) is 0 Å². The van der Waals surface area contributed by atoms with Gasteiger partial charge in [-0.2, -0.15) is 5.10 Å². The van der Waals surface area contributed by atoms with E-state index in [1.807, 2.05) is 13.8 Å². The topological polar surface area (TPSA) is 66.0 Å². The first kappa shape index (κ1) is 15.0. The van der Waals surface area contributed by atoms with E-state index in [1.165, 1.54) is 12.4 Å². The molecule has 0 spiro atoms. The Morgan fingerprint density at radius 1 is 1.43 bits per heavy atom. The second-order valence-electron chi connectivity index (χ2n) is 4.65. The molecule has 0 amide bonds. The van der Waals surface area contributed by atoms with Gasteiger partial charge in [0, 0.05) is 11.6 Å². The van der Waals surface area contributed by atoms with Crippen LogP contribution in [0.5, 0.6) is 5.75 Å². The van der Waals surface area contributed by atoms with Gasteiger partial charge < -0.3 is 10.5 Å². The van der Waals surface area contributed by atoms with Gasteiger partial charge in [-0.3, -0.25) is 0 Å². The third-order valence-corrected chi connectivity index (χ3v) is 2.76. The van der Waals surface area contributed by atoms with Crippen molar-refractivity contribution in [1.29, 1.82) is 0 Å². The lowest BCUT2D eigenvalue weighted by Gasteiger charge is -2.11. The molecule has 1 heterocycles. The fraction of sp³-hybridized carbons (Fsp3) is 0.333. The number of benzene rings is 1. The molecule has 0 saturated carbocycles. The van der Waals surface area contributed by atoms with E-state index < -0.39 is 5.82 Å². The summed E-state index contributed by atoms with van der Waals surface area (Å²) in [5.41, 5.74) is 5.97. The van der Waals surface area contributed by atoms with Crippen LogP contribution in [0.15, 0.2) is 24.5 Å². The van der Waals surface area contributed by atoms with E-state index in [0.717, 1.165) is 0 Å². The number of aromatic nitrogens is 3. The summed E-state index contributed by atoms with van der Waals surface area (Å²) in [6.45, 7) is 4.37. The van der Waals surface area contributed by atoms with Crippen molar-refractivity contribution in [3.8, 4) is 17.6 Å². The Balaban J connectivity index is 2.14. The predicted molar refractivity (Wildman–Crippen MR) is 77.1 cm³/mol. The minimum Gasteiger partial charge on any atom is -0.483 e. The molecule has 5 nitrogen and oxygen atoms in total. The Bertz CT molecular complexity index is 670. The second-order valence-corrected chi connectivity index (χ2v) is 4.65. The summed E-state index contributed by atoms with van der Waals surface area (Å²) in [4.78, 5) is 4.11. The maximum Gasteiger partial charge on any atom is 0.165 e. The van der Waals surface area contributed by atoms with Gasteiger partial charge in [0.05, 0.1) is 6.54 Å². The van der Waals surface area contributed by atoms with Gasteiger partial charge in [0.1, 0.15) is 12.9 Å². The van der Waals surface area contributed by atoms with Crippen LogP contribution in [0, 0.1) is 17.7 Å². The van der Waals surface area contributed by atoms with E-state index in [1.54, 1.807) is 16.8 Å². The van der Waals surface area contributed by atoms with Gasteiger partial charge in [0.25, 0.3) is 0 Å². The van der Waals surface area contributed by atoms with Crippen LogP contribution in [0.1, 0.15) is 31.3 Å². The molecule has 0 aliphatic rings. The highest BCUT2D eigenvalue weighted by Gasteiger charge is 2.10. The lowest BCUT2D eigenvalue weighted by atomic mass is 10.2. The van der Waals surface area contributed by atoms with E-state index in [9.17, 15) is 4.39 Å². The molecular formula is C15H17FN4O. The summed E-state index contributed by atoms with van der Waals surface area (Å²) in [6.07, 6.45) is 1.46. The van der Waals surface area contributed by atoms with E-state index >= 15 is 0 Å². The van der Waals surface area contributed by atoms with Crippen LogP contribution in [0.3, 0.4) is 0 Å². The second kappa shape index (κ2) is 6.86. The molecule has 2 aromatic rings. The van der Waals surface area contributed by atoms with E-state index in [2.05, 4.69) is 21.9 Å². The number of hydrogen-bond donors (Lipinski definition) is 1. The fourth-order valence-electron chi connectivity index (χ4n) is 1.80. The maximum absolute atomic E-state index is 13.7. The normalized spacial score (nSPS) is 10.3. The molecule has 0 bridgehead atoms. The zero-order valence-corrected chi connectivity index (χ0v) is 12.0. The van der Waals surface area contributed by atoms with Gasteiger partial charge in [-0.15, -0.1) is 0 Å². The molecule has 110 valence electrons. The fourth-order valence-corrected chi connectivity index (χ4v) is 1.80. The first-order valence-corrected chi connectivity index (χ1v) is 6.61. The molecule has 0 unspecified atom stereocenters. The van der Waals surface area contributed by atoms with Crippen LogP contribution in [0.25, 0.3) is 0 Å². The number of nitrogens with zero attached hydrogens (tertiary/aromatic N) is 3. The van der Waals surface area contributed by atoms with Crippen molar-refractivity contribution in [2.24, 2.45) is 5.73 Å². The first-order valence-electron chi connectivity index (χ1n) is 6.61. The van der Waals surface area contributed by atoms with Crippen LogP contribution in [-0.2, 0) is 6.61 Å². The molecule has 0 aliphatic heterocycles. The average molecular weight is 288 g/mol. The third kappa shape index (κ3) is 3.80. The van der Waals surface area contributed by atoms with Crippen molar-refractivity contribution in [2.45, 2.75) is 26.5 Å². The molecule has 2 rings (SSSR count). The van der Waals surface area contributed by atoms with E-state index in [0.29, 0.717) is 11.4 Å². The van der Waals surface area contributed by atoms with Gasteiger partial charge in [0.2, 0.25) is 0 Å². The molecule has 0 radical (unpaired) electrons. The van der Waals surface area contributed by atoms with Crippen molar-refractivity contribution >= 4 is 0 Å². The van der Waals surface area contributed by atoms with Gasteiger partial charge >= 0.3 is 0 Å². The van der Waals surface area contributed by atoms with Crippen molar-refractivity contribution in [2.75, 3.05) is 6.54 Å². The molecule has 1 aromatic carbocycles. The smallest absolute Gasteiger partial charge is 0.165 e. The highest BCUT2D eigenvalue weighted by molar-refractivity contribution is 5.40. The average Bonchev–Trinajstić information content (AvgIpc) is 2.93. The first-order chi connectivity index (χ1) is 10.1. The minimum atomic E-state index is -0.441. The number of hydrogen-bond acceptors (Lipinski definition) is 4. The van der Waals surface area contributed by atoms with E-state index in [-0.39, 0.29) is 24.9 Å². The SMILES string of the molecule is CC(C)n1ncnc1COc1cc(C#CCN)ccc1F. The van der Waals surface area contributed by atoms with Gasteiger partial charge in [-0.25, -0.2) is 14.1 Å². The molecule has 2 N–H and O–H groups in total. The van der Waals surface area contributed by atoms with Crippen molar-refractivity contribution < 1.29 is 9.13 Å². The molecule has 1 aromatic heterocycles. The summed E-state index contributed by atoms with van der Waals surface area (Å²) < 4.78 is 21.0. The molecule has 0 fully saturated rings. The van der Waals surface area contributed by atoms with Gasteiger partial charge in [-0.1, -0.05) is 11.8 Å². The number of halogens is 1. The Kier molecular flexibility index (Phi) is 4.90. The van der Waals surface area contributed by atoms with Crippen LogP contribution >= 0.6 is 0 Å². The van der Waals surface area contributed by atoms with Crippen LogP contribution in [0.2, 0.25) is 0 Å². The van der Waals surface area contributed by atoms with Crippen LogP contribution in [-0.4, -0.2) is 21.3 Å². The largest absolute Gasteiger partial charge is 0.483 e. The molecule has 21 heavy (non-hydrogen) atoms. The minimum absolute atomic E-state index is 0.136. The van der Waals surface area contributed by atoms with Crippen LogP contribution < -0.4 is 10.5 Å². The van der Waals surface area contributed by atoms with Gasteiger partial charge in [-0.05, 0) is 32.0 Å². The molecule has 6 heteroatoms. The summed E-state index contributed by atoms with van der Waals surface area (Å²) in [6, 6.07) is 4.62. The number of rotatable bonds is 4. The monoisotopic (exact) mass is 288 g/mol. The predicted octanol–water partition coefficient (Wildman–Crippen LogP) is 1.89. The standard InChI is InChI=1S/C15H17FN4O/c1-11(2)20-15(18-10-19-20)9-21-14-8-12(4-3-7-17)5-6-13(14)16/h5-6,8,10-11H,7,9,17H2,1-2H3. The Morgan fingerprint density at radius 2 is 2.24 bits per heavy atom. The number of ether oxygens (including phenoxy) is 1. The molecule has 0 aliphatic carbocycles. The lowest BCUT2D eigenvalue weighted by Crippen LogP contribution is -2.11. The summed E-state index contributed by atoms with van der Waals surface area (Å²) in [7, 11) is 0. The molecule has 0 atom stereocenters. The number of nitrogens with two attached hydrogens (primary N) is 1. The van der Waals surface area contributed by atoms with Crippen LogP contribution in [0.4, 0.5) is 4.39 Å². The molecule has 0 saturated heterocycles. The van der Waals surface area contributed by atoms with Gasteiger partial charge in [0.15, 0.2) is 17.4 Å². The van der Waals surface area contributed by atoms with E-state index in [4.69, 9.17) is 10.5 Å². The summed E-state index contributed by atoms with van der Waals surface area (Å²) >= 11 is 0. The quantitative estimate of drug-likeness (QED) is 0.872. The molecular weight excluding hydrogens is 271 g/mol. The summed E-state index contributed by atoms with van der Waals surface area (Å²) in [5, 5.41) is 4.10. The highest BCUT2D eigenvalue weighted by atomic mass is 19.1. The maximum atomic E-state index is 13.7. The zero-order valence-electron chi connectivity index (χ0n) is 12.0. The Labute approximate surface area is 122 Å². The zero-order chi connectivity index (χ0) is 15.2. The lowest BCUT2D eigenvalue weighted by molar-refractivity contribution is 0.269. The summed E-state index contributed by atoms with van der Waals surface area (Å²) in [5.74, 6) is 5.90. The van der Waals surface area contributed by atoms with Crippen molar-refractivity contribution in [1.82, 2.24) is 14.8 Å². The Morgan fingerprint density at radius 3 is 2.95 bits per heavy atom. The Hall–Kier alpha value is -2.39. The third-order valence-electron chi connectivity index (χ3n) is 2.76.